The second-order valence-electron chi connectivity index (χ2n) is 6.97. The third-order valence-corrected chi connectivity index (χ3v) is 5.33. The lowest BCUT2D eigenvalue weighted by Crippen LogP contribution is -1.99. The topological polar surface area (TPSA) is 87.2 Å². The summed E-state index contributed by atoms with van der Waals surface area (Å²) in [5, 5.41) is 17.0. The zero-order chi connectivity index (χ0) is 22.4. The van der Waals surface area contributed by atoms with Crippen LogP contribution in [0.15, 0.2) is 72.8 Å². The van der Waals surface area contributed by atoms with Crippen molar-refractivity contribution in [3.8, 4) is 0 Å². The van der Waals surface area contributed by atoms with Crippen molar-refractivity contribution in [2.45, 2.75) is 13.3 Å². The van der Waals surface area contributed by atoms with Crippen LogP contribution in [0.2, 0.25) is 5.02 Å². The molecule has 31 heavy (non-hydrogen) atoms. The summed E-state index contributed by atoms with van der Waals surface area (Å²) >= 11 is 6.50. The van der Waals surface area contributed by atoms with Gasteiger partial charge in [0.05, 0.1) is 0 Å². The van der Waals surface area contributed by atoms with Crippen molar-refractivity contribution in [3.63, 3.8) is 0 Å². The first kappa shape index (κ1) is 22.1. The van der Waals surface area contributed by atoms with E-state index in [4.69, 9.17) is 27.9 Å². The van der Waals surface area contributed by atoms with Crippen LogP contribution in [0.25, 0.3) is 17.2 Å². The van der Waals surface area contributed by atoms with E-state index in [2.05, 4.69) is 19.1 Å². The van der Waals surface area contributed by atoms with Gasteiger partial charge >= 0.3 is 5.97 Å². The van der Waals surface area contributed by atoms with Crippen LogP contribution in [0.1, 0.15) is 41.2 Å². The summed E-state index contributed by atoms with van der Waals surface area (Å²) in [5.74, 6) is -1.03. The number of nitrogens with one attached hydrogen (secondary N) is 1. The Kier molecular flexibility index (Phi) is 7.06. The molecule has 0 aliphatic carbocycles. The molecule has 0 atom stereocenters. The van der Waals surface area contributed by atoms with Crippen LogP contribution in [0.5, 0.6) is 0 Å². The molecule has 0 heterocycles. The Morgan fingerprint density at radius 1 is 1.00 bits per heavy atom. The number of carboxylic acids is 1. The van der Waals surface area contributed by atoms with Crippen LogP contribution in [0.4, 0.5) is 5.69 Å². The maximum Gasteiger partial charge on any atom is 0.328 e. The van der Waals surface area contributed by atoms with E-state index in [9.17, 15) is 4.79 Å². The second kappa shape index (κ2) is 9.92. The van der Waals surface area contributed by atoms with E-state index >= 15 is 0 Å². The van der Waals surface area contributed by atoms with Gasteiger partial charge in [0.15, 0.2) is 0 Å². The van der Waals surface area contributed by atoms with Crippen molar-refractivity contribution in [2.24, 2.45) is 0 Å². The highest BCUT2D eigenvalue weighted by Crippen LogP contribution is 2.36. The maximum absolute atomic E-state index is 10.9. The molecule has 0 unspecified atom stereocenters. The smallest absolute Gasteiger partial charge is 0.328 e. The molecule has 0 saturated carbocycles. The number of carbonyl (C=O) groups is 1. The molecule has 3 rings (SSSR count). The zero-order valence-electron chi connectivity index (χ0n) is 17.1. The SMILES string of the molecule is CC/C(=C(/c1ccc(/C=C/C(=O)O)c(Cl)c1)c1ccc(N)c(C=N)c1)c1ccccc1. The number of aliphatic carboxylic acids is 1. The third-order valence-electron chi connectivity index (χ3n) is 5.00. The Morgan fingerprint density at radius 2 is 1.68 bits per heavy atom. The third kappa shape index (κ3) is 5.11. The summed E-state index contributed by atoms with van der Waals surface area (Å²) in [6.45, 7) is 2.10. The molecule has 0 aliphatic rings. The minimum Gasteiger partial charge on any atom is -0.478 e. The predicted molar refractivity (Wildman–Crippen MR) is 130 cm³/mol. The number of nitrogens with two attached hydrogens (primary N) is 1. The Balaban J connectivity index is 2.27. The van der Waals surface area contributed by atoms with Crippen LogP contribution in [-0.2, 0) is 4.79 Å². The van der Waals surface area contributed by atoms with E-state index in [-0.39, 0.29) is 0 Å². The first-order valence-corrected chi connectivity index (χ1v) is 10.2. The number of carboxylic acid groups (broad SMARTS) is 1. The van der Waals surface area contributed by atoms with Gasteiger partial charge in [-0.15, -0.1) is 0 Å². The zero-order valence-corrected chi connectivity index (χ0v) is 17.9. The average Bonchev–Trinajstić information content (AvgIpc) is 2.77. The molecule has 4 N–H and O–H groups in total. The monoisotopic (exact) mass is 430 g/mol. The number of nitrogen functional groups attached to an aromatic ring is 1. The fourth-order valence-corrected chi connectivity index (χ4v) is 3.76. The minimum atomic E-state index is -1.03. The number of halogens is 1. The number of anilines is 1. The van der Waals surface area contributed by atoms with Gasteiger partial charge in [-0.1, -0.05) is 67.1 Å². The molecular weight excluding hydrogens is 408 g/mol. The average molecular weight is 431 g/mol. The molecule has 4 nitrogen and oxygen atoms in total. The van der Waals surface area contributed by atoms with Gasteiger partial charge in [0, 0.05) is 28.6 Å². The highest BCUT2D eigenvalue weighted by atomic mass is 35.5. The van der Waals surface area contributed by atoms with Gasteiger partial charge < -0.3 is 16.2 Å². The van der Waals surface area contributed by atoms with E-state index in [1.807, 2.05) is 48.5 Å². The van der Waals surface area contributed by atoms with E-state index in [0.29, 0.717) is 21.8 Å². The maximum atomic E-state index is 10.9. The number of hydrogen-bond donors (Lipinski definition) is 3. The lowest BCUT2D eigenvalue weighted by molar-refractivity contribution is -0.131. The molecule has 0 amide bonds. The summed E-state index contributed by atoms with van der Waals surface area (Å²) in [6, 6.07) is 21.4. The predicted octanol–water partition coefficient (Wildman–Crippen LogP) is 6.39. The quantitative estimate of drug-likeness (QED) is 0.176. The highest BCUT2D eigenvalue weighted by molar-refractivity contribution is 6.32. The summed E-state index contributed by atoms with van der Waals surface area (Å²) in [6.07, 6.45) is 4.57. The summed E-state index contributed by atoms with van der Waals surface area (Å²) in [7, 11) is 0. The number of benzene rings is 3. The van der Waals surface area contributed by atoms with Crippen LogP contribution in [0.3, 0.4) is 0 Å². The second-order valence-corrected chi connectivity index (χ2v) is 7.38. The van der Waals surface area contributed by atoms with Gasteiger partial charge in [0.25, 0.3) is 0 Å². The van der Waals surface area contributed by atoms with Crippen LogP contribution >= 0.6 is 11.6 Å². The van der Waals surface area contributed by atoms with E-state index in [1.165, 1.54) is 12.3 Å². The normalized spacial score (nSPS) is 11.9. The molecule has 3 aromatic carbocycles. The van der Waals surface area contributed by atoms with E-state index in [0.717, 1.165) is 40.3 Å². The lowest BCUT2D eigenvalue weighted by Gasteiger charge is -2.18. The number of allylic oxidation sites excluding steroid dienone is 1. The molecule has 0 radical (unpaired) electrons. The Morgan fingerprint density at radius 3 is 2.29 bits per heavy atom. The highest BCUT2D eigenvalue weighted by Gasteiger charge is 2.15. The summed E-state index contributed by atoms with van der Waals surface area (Å²) in [5.41, 5.74) is 12.9. The van der Waals surface area contributed by atoms with Gasteiger partial charge in [0.2, 0.25) is 0 Å². The fourth-order valence-electron chi connectivity index (χ4n) is 3.51. The van der Waals surface area contributed by atoms with Gasteiger partial charge in [-0.05, 0) is 64.1 Å². The van der Waals surface area contributed by atoms with E-state index < -0.39 is 5.97 Å². The first-order chi connectivity index (χ1) is 14.9. The standard InChI is InChI=1S/C26H23ClN2O2/c1-2-22(17-6-4-3-5-7-17)26(19-10-12-24(29)21(14-19)16-28)20-9-8-18(23(27)15-20)11-13-25(30)31/h3-16,28H,2,29H2,1H3,(H,30,31)/b13-11+,26-22-,28-16?. The van der Waals surface area contributed by atoms with Crippen LogP contribution in [0, 0.1) is 5.41 Å². The van der Waals surface area contributed by atoms with Crippen LogP contribution < -0.4 is 5.73 Å². The first-order valence-electron chi connectivity index (χ1n) is 9.84. The van der Waals surface area contributed by atoms with Crippen molar-refractivity contribution >= 4 is 46.7 Å². The van der Waals surface area contributed by atoms with Gasteiger partial charge in [-0.25, -0.2) is 4.79 Å². The molecule has 0 fully saturated rings. The lowest BCUT2D eigenvalue weighted by atomic mass is 9.87. The van der Waals surface area contributed by atoms with Crippen molar-refractivity contribution in [2.75, 3.05) is 5.73 Å². The van der Waals surface area contributed by atoms with Crippen molar-refractivity contribution < 1.29 is 9.90 Å². The Bertz CT molecular complexity index is 1180. The Hall–Kier alpha value is -3.63. The molecule has 156 valence electrons. The largest absolute Gasteiger partial charge is 0.478 e. The minimum absolute atomic E-state index is 0.457. The molecule has 0 aromatic heterocycles. The van der Waals surface area contributed by atoms with Gasteiger partial charge in [-0.3, -0.25) is 0 Å². The van der Waals surface area contributed by atoms with Gasteiger partial charge in [0.1, 0.15) is 0 Å². The molecule has 0 spiro atoms. The van der Waals surface area contributed by atoms with Crippen molar-refractivity contribution in [1.29, 1.82) is 5.41 Å². The molecule has 0 aliphatic heterocycles. The van der Waals surface area contributed by atoms with E-state index in [1.54, 1.807) is 6.07 Å². The van der Waals surface area contributed by atoms with Crippen molar-refractivity contribution in [1.82, 2.24) is 0 Å². The molecule has 0 bridgehead atoms. The molecule has 0 saturated heterocycles. The van der Waals surface area contributed by atoms with Crippen molar-refractivity contribution in [3.05, 3.63) is 106 Å². The summed E-state index contributed by atoms with van der Waals surface area (Å²) in [4.78, 5) is 10.9. The number of hydrogen-bond acceptors (Lipinski definition) is 3. The fraction of sp³-hybridized carbons (Fsp3) is 0.0769. The number of rotatable bonds is 7. The Labute approximate surface area is 186 Å². The molecule has 3 aromatic rings. The molecule has 5 heteroatoms. The molecular formula is C26H23ClN2O2. The summed E-state index contributed by atoms with van der Waals surface area (Å²) < 4.78 is 0. The van der Waals surface area contributed by atoms with Crippen LogP contribution in [-0.4, -0.2) is 17.3 Å². The van der Waals surface area contributed by atoms with Gasteiger partial charge in [-0.2, -0.15) is 0 Å².